The van der Waals surface area contributed by atoms with Gasteiger partial charge >= 0.3 is 0 Å². The van der Waals surface area contributed by atoms with Gasteiger partial charge < -0.3 is 5.32 Å². The fraction of sp³-hybridized carbons (Fsp3) is 0.333. The monoisotopic (exact) mass is 342 g/mol. The lowest BCUT2D eigenvalue weighted by molar-refractivity contribution is -0.121. The number of nitrogens with one attached hydrogen (secondary N) is 1. The maximum Gasteiger partial charge on any atom is 0.224 e. The number of thiazole rings is 1. The number of carbonyl (C=O) groups excluding carboxylic acids is 1. The number of nitrogens with zero attached hydrogens (tertiary/aromatic N) is 1. The first kappa shape index (κ1) is 16.3. The number of carbonyl (C=O) groups is 1. The number of aromatic nitrogens is 1. The van der Waals surface area contributed by atoms with Gasteiger partial charge in [0, 0.05) is 14.9 Å². The van der Waals surface area contributed by atoms with E-state index in [1.165, 1.54) is 0 Å². The van der Waals surface area contributed by atoms with Crippen molar-refractivity contribution >= 4 is 40.4 Å². The average Bonchev–Trinajstić information content (AvgIpc) is 2.72. The van der Waals surface area contributed by atoms with Gasteiger partial charge in [-0.3, -0.25) is 4.79 Å². The Kier molecular flexibility index (Phi) is 5.25. The molecule has 0 saturated heterocycles. The molecule has 0 saturated carbocycles. The number of hydrogen-bond acceptors (Lipinski definition) is 3. The van der Waals surface area contributed by atoms with E-state index in [4.69, 9.17) is 23.2 Å². The van der Waals surface area contributed by atoms with Crippen molar-refractivity contribution in [3.8, 4) is 0 Å². The van der Waals surface area contributed by atoms with E-state index in [0.29, 0.717) is 10.0 Å². The van der Waals surface area contributed by atoms with Gasteiger partial charge in [0.05, 0.1) is 23.2 Å². The number of rotatable bonds is 4. The van der Waals surface area contributed by atoms with E-state index in [9.17, 15) is 4.79 Å². The molecule has 0 spiro atoms. The van der Waals surface area contributed by atoms with Crippen LogP contribution in [0.5, 0.6) is 0 Å². The minimum Gasteiger partial charge on any atom is -0.348 e. The maximum absolute atomic E-state index is 12.1. The van der Waals surface area contributed by atoms with Crippen LogP contribution in [0.15, 0.2) is 18.2 Å². The topological polar surface area (TPSA) is 42.0 Å². The molecular formula is C15H16Cl2N2OS. The van der Waals surface area contributed by atoms with E-state index in [2.05, 4.69) is 10.3 Å². The molecule has 2 aromatic rings. The van der Waals surface area contributed by atoms with Crippen LogP contribution in [0, 0.1) is 13.8 Å². The van der Waals surface area contributed by atoms with E-state index >= 15 is 0 Å². The first-order valence-corrected chi connectivity index (χ1v) is 8.11. The molecule has 1 aromatic heterocycles. The van der Waals surface area contributed by atoms with Crippen LogP contribution in [-0.2, 0) is 11.2 Å². The van der Waals surface area contributed by atoms with Gasteiger partial charge in [-0.2, -0.15) is 0 Å². The van der Waals surface area contributed by atoms with Crippen molar-refractivity contribution in [3.05, 3.63) is 49.4 Å². The summed E-state index contributed by atoms with van der Waals surface area (Å²) < 4.78 is 0. The first-order valence-electron chi connectivity index (χ1n) is 6.54. The molecule has 0 radical (unpaired) electrons. The summed E-state index contributed by atoms with van der Waals surface area (Å²) in [6.45, 7) is 5.88. The Labute approximate surface area is 138 Å². The molecule has 1 heterocycles. The summed E-state index contributed by atoms with van der Waals surface area (Å²) >= 11 is 13.5. The lowest BCUT2D eigenvalue weighted by Crippen LogP contribution is -2.28. The Morgan fingerprint density at radius 3 is 2.67 bits per heavy atom. The van der Waals surface area contributed by atoms with E-state index in [1.807, 2.05) is 20.8 Å². The molecule has 0 aliphatic heterocycles. The van der Waals surface area contributed by atoms with Crippen molar-refractivity contribution in [3.63, 3.8) is 0 Å². The highest BCUT2D eigenvalue weighted by molar-refractivity contribution is 7.11. The second-order valence-electron chi connectivity index (χ2n) is 4.88. The highest BCUT2D eigenvalue weighted by Gasteiger charge is 2.16. The standard InChI is InChI=1S/C15H16Cl2N2OS/c1-8-15(21-10(3)18-8)9(2)19-14(20)6-11-4-5-12(16)7-13(11)17/h4-5,7,9H,6H2,1-3H3,(H,19,20)/t9-/m0/s1. The van der Waals surface area contributed by atoms with Crippen LogP contribution in [0.1, 0.15) is 34.1 Å². The third-order valence-electron chi connectivity index (χ3n) is 3.08. The molecule has 0 fully saturated rings. The Morgan fingerprint density at radius 1 is 1.38 bits per heavy atom. The van der Waals surface area contributed by atoms with E-state index in [-0.39, 0.29) is 18.4 Å². The zero-order valence-electron chi connectivity index (χ0n) is 12.0. The zero-order valence-corrected chi connectivity index (χ0v) is 14.4. The zero-order chi connectivity index (χ0) is 15.6. The molecule has 3 nitrogen and oxygen atoms in total. The predicted molar refractivity (Wildman–Crippen MR) is 88.3 cm³/mol. The van der Waals surface area contributed by atoms with Gasteiger partial charge in [0.25, 0.3) is 0 Å². The highest BCUT2D eigenvalue weighted by Crippen LogP contribution is 2.25. The Morgan fingerprint density at radius 2 is 2.10 bits per heavy atom. The fourth-order valence-corrected chi connectivity index (χ4v) is 3.55. The van der Waals surface area contributed by atoms with Gasteiger partial charge in [-0.05, 0) is 38.5 Å². The van der Waals surface area contributed by atoms with Crippen LogP contribution in [0.25, 0.3) is 0 Å². The third kappa shape index (κ3) is 4.19. The van der Waals surface area contributed by atoms with Crippen LogP contribution in [-0.4, -0.2) is 10.9 Å². The van der Waals surface area contributed by atoms with Crippen LogP contribution in [0.4, 0.5) is 0 Å². The van der Waals surface area contributed by atoms with E-state index < -0.39 is 0 Å². The van der Waals surface area contributed by atoms with Crippen molar-refractivity contribution in [2.24, 2.45) is 0 Å². The first-order chi connectivity index (χ1) is 9.86. The number of hydrogen-bond donors (Lipinski definition) is 1. The normalized spacial score (nSPS) is 12.2. The lowest BCUT2D eigenvalue weighted by atomic mass is 10.1. The van der Waals surface area contributed by atoms with Crippen LogP contribution in [0.2, 0.25) is 10.0 Å². The molecule has 0 bridgehead atoms. The SMILES string of the molecule is Cc1nc(C)c([C@H](C)NC(=O)Cc2ccc(Cl)cc2Cl)s1. The molecule has 0 unspecified atom stereocenters. The summed E-state index contributed by atoms with van der Waals surface area (Å²) in [5, 5.41) is 5.06. The summed E-state index contributed by atoms with van der Waals surface area (Å²) in [5.74, 6) is -0.0721. The van der Waals surface area contributed by atoms with Crippen LogP contribution < -0.4 is 5.32 Å². The second-order valence-corrected chi connectivity index (χ2v) is 6.96. The fourth-order valence-electron chi connectivity index (χ4n) is 2.14. The number of halogens is 2. The van der Waals surface area contributed by atoms with Gasteiger partial charge in [0.2, 0.25) is 5.91 Å². The predicted octanol–water partition coefficient (Wildman–Crippen LogP) is 4.49. The van der Waals surface area contributed by atoms with Crippen molar-refractivity contribution < 1.29 is 4.79 Å². The van der Waals surface area contributed by atoms with Crippen molar-refractivity contribution in [1.29, 1.82) is 0 Å². The van der Waals surface area contributed by atoms with Crippen LogP contribution >= 0.6 is 34.5 Å². The Hall–Kier alpha value is -1.10. The minimum absolute atomic E-state index is 0.0604. The quantitative estimate of drug-likeness (QED) is 0.889. The van der Waals surface area contributed by atoms with Gasteiger partial charge in [0.1, 0.15) is 0 Å². The molecular weight excluding hydrogens is 327 g/mol. The molecule has 1 aromatic carbocycles. The smallest absolute Gasteiger partial charge is 0.224 e. The molecule has 0 aliphatic rings. The third-order valence-corrected chi connectivity index (χ3v) is 4.92. The van der Waals surface area contributed by atoms with Crippen molar-refractivity contribution in [2.45, 2.75) is 33.2 Å². The molecule has 1 N–H and O–H groups in total. The van der Waals surface area contributed by atoms with E-state index in [0.717, 1.165) is 21.1 Å². The van der Waals surface area contributed by atoms with Crippen molar-refractivity contribution in [1.82, 2.24) is 10.3 Å². The second kappa shape index (κ2) is 6.77. The van der Waals surface area contributed by atoms with Crippen LogP contribution in [0.3, 0.4) is 0 Å². The molecule has 0 aliphatic carbocycles. The van der Waals surface area contributed by atoms with Gasteiger partial charge in [-0.15, -0.1) is 11.3 Å². The summed E-state index contributed by atoms with van der Waals surface area (Å²) in [7, 11) is 0. The van der Waals surface area contributed by atoms with Gasteiger partial charge in [0.15, 0.2) is 0 Å². The Bertz CT molecular complexity index is 670. The molecule has 6 heteroatoms. The molecule has 112 valence electrons. The molecule has 2 rings (SSSR count). The Balaban J connectivity index is 2.03. The summed E-state index contributed by atoms with van der Waals surface area (Å²) in [4.78, 5) is 17.6. The van der Waals surface area contributed by atoms with E-state index in [1.54, 1.807) is 29.5 Å². The summed E-state index contributed by atoms with van der Waals surface area (Å²) in [6, 6.07) is 5.09. The highest BCUT2D eigenvalue weighted by atomic mass is 35.5. The molecule has 1 amide bonds. The number of benzene rings is 1. The largest absolute Gasteiger partial charge is 0.348 e. The van der Waals surface area contributed by atoms with Gasteiger partial charge in [-0.1, -0.05) is 29.3 Å². The van der Waals surface area contributed by atoms with Crippen molar-refractivity contribution in [2.75, 3.05) is 0 Å². The lowest BCUT2D eigenvalue weighted by Gasteiger charge is -2.13. The summed E-state index contributed by atoms with van der Waals surface area (Å²) in [5.41, 5.74) is 1.73. The number of aryl methyl sites for hydroxylation is 2. The maximum atomic E-state index is 12.1. The number of amides is 1. The van der Waals surface area contributed by atoms with Gasteiger partial charge in [-0.25, -0.2) is 4.98 Å². The average molecular weight is 343 g/mol. The molecule has 21 heavy (non-hydrogen) atoms. The minimum atomic E-state index is -0.0721. The summed E-state index contributed by atoms with van der Waals surface area (Å²) in [6.07, 6.45) is 0.233. The molecule has 1 atom stereocenters.